The molecule has 6 heteroatoms. The second-order valence-electron chi connectivity index (χ2n) is 3.49. The highest BCUT2D eigenvalue weighted by Gasteiger charge is 2.50. The fourth-order valence-corrected chi connectivity index (χ4v) is 1.80. The van der Waals surface area contributed by atoms with E-state index in [-0.39, 0.29) is 0 Å². The molecule has 3 nitrogen and oxygen atoms in total. The molecular formula is C9H15F2NO2S. The minimum atomic E-state index is -3.29. The molecule has 1 N–H and O–H groups in total. The van der Waals surface area contributed by atoms with Crippen molar-refractivity contribution in [2.75, 3.05) is 25.1 Å². The van der Waals surface area contributed by atoms with Crippen LogP contribution >= 0.6 is 11.8 Å². The van der Waals surface area contributed by atoms with E-state index in [1.54, 1.807) is 11.8 Å². The summed E-state index contributed by atoms with van der Waals surface area (Å²) in [7, 11) is 0. The number of carbonyl (C=O) groups excluding carboxylic acids is 1. The van der Waals surface area contributed by atoms with E-state index >= 15 is 0 Å². The first-order valence-electron chi connectivity index (χ1n) is 4.85. The van der Waals surface area contributed by atoms with Crippen LogP contribution in [0.5, 0.6) is 0 Å². The first-order valence-corrected chi connectivity index (χ1v) is 6.24. The topological polar surface area (TPSA) is 38.3 Å². The highest BCUT2D eigenvalue weighted by Crippen LogP contribution is 2.30. The molecule has 0 bridgehead atoms. The van der Waals surface area contributed by atoms with Gasteiger partial charge in [-0.3, -0.25) is 0 Å². The molecule has 15 heavy (non-hydrogen) atoms. The molecule has 1 unspecified atom stereocenters. The fourth-order valence-electron chi connectivity index (χ4n) is 1.37. The summed E-state index contributed by atoms with van der Waals surface area (Å²) in [5.74, 6) is -3.64. The van der Waals surface area contributed by atoms with Crippen molar-refractivity contribution in [3.63, 3.8) is 0 Å². The van der Waals surface area contributed by atoms with E-state index < -0.39 is 24.4 Å². The Balaban J connectivity index is 2.11. The lowest BCUT2D eigenvalue weighted by Gasteiger charge is -2.09. The minimum Gasteiger partial charge on any atom is -0.456 e. The van der Waals surface area contributed by atoms with Crippen molar-refractivity contribution in [1.82, 2.24) is 5.32 Å². The van der Waals surface area contributed by atoms with E-state index in [4.69, 9.17) is 0 Å². The number of cyclic esters (lactones) is 1. The maximum absolute atomic E-state index is 12.7. The Bertz CT molecular complexity index is 226. The van der Waals surface area contributed by atoms with Crippen molar-refractivity contribution in [1.29, 1.82) is 0 Å². The Morgan fingerprint density at radius 2 is 2.40 bits per heavy atom. The van der Waals surface area contributed by atoms with Crippen LogP contribution in [0.15, 0.2) is 0 Å². The molecule has 0 saturated carbocycles. The SMILES string of the molecule is CSCCCNCC1CC(F)(F)C(=O)O1. The van der Waals surface area contributed by atoms with Gasteiger partial charge in [0.15, 0.2) is 0 Å². The molecule has 0 aromatic heterocycles. The Hall–Kier alpha value is -0.360. The molecule has 1 aliphatic rings. The molecule has 0 spiro atoms. The van der Waals surface area contributed by atoms with Gasteiger partial charge in [0, 0.05) is 6.54 Å². The van der Waals surface area contributed by atoms with Gasteiger partial charge >= 0.3 is 11.9 Å². The summed E-state index contributed by atoms with van der Waals surface area (Å²) in [5.41, 5.74) is 0. The predicted octanol–water partition coefficient (Wildman–Crippen LogP) is 1.28. The Kier molecular flexibility index (Phi) is 4.79. The number of carbonyl (C=O) groups is 1. The highest BCUT2D eigenvalue weighted by atomic mass is 32.2. The van der Waals surface area contributed by atoms with Crippen LogP contribution in [0.1, 0.15) is 12.8 Å². The van der Waals surface area contributed by atoms with E-state index in [0.29, 0.717) is 6.54 Å². The molecule has 0 aromatic rings. The van der Waals surface area contributed by atoms with Crippen LogP contribution in [0.3, 0.4) is 0 Å². The number of rotatable bonds is 6. The molecule has 0 aliphatic carbocycles. The summed E-state index contributed by atoms with van der Waals surface area (Å²) in [6, 6.07) is 0. The standard InChI is InChI=1S/C9H15F2NO2S/c1-15-4-2-3-12-6-7-5-9(10,11)8(13)14-7/h7,12H,2-6H2,1H3. The zero-order chi connectivity index (χ0) is 11.3. The zero-order valence-corrected chi connectivity index (χ0v) is 9.41. The first-order chi connectivity index (χ1) is 7.06. The normalized spacial score (nSPS) is 24.2. The smallest absolute Gasteiger partial charge is 0.377 e. The summed E-state index contributed by atoms with van der Waals surface area (Å²) in [6.07, 6.45) is 1.82. The minimum absolute atomic E-state index is 0.315. The van der Waals surface area contributed by atoms with Gasteiger partial charge in [-0.2, -0.15) is 20.5 Å². The number of esters is 1. The molecule has 1 heterocycles. The van der Waals surface area contributed by atoms with Crippen molar-refractivity contribution >= 4 is 17.7 Å². The number of alkyl halides is 2. The quantitative estimate of drug-likeness (QED) is 0.560. The van der Waals surface area contributed by atoms with Gasteiger partial charge in [-0.1, -0.05) is 0 Å². The Labute approximate surface area is 91.9 Å². The maximum atomic E-state index is 12.7. The van der Waals surface area contributed by atoms with Gasteiger partial charge in [0.25, 0.3) is 0 Å². The van der Waals surface area contributed by atoms with Crippen molar-refractivity contribution < 1.29 is 18.3 Å². The number of ether oxygens (including phenoxy) is 1. The fraction of sp³-hybridized carbons (Fsp3) is 0.889. The lowest BCUT2D eigenvalue weighted by molar-refractivity contribution is -0.158. The summed E-state index contributed by atoms with van der Waals surface area (Å²) in [4.78, 5) is 10.6. The number of nitrogens with one attached hydrogen (secondary N) is 1. The van der Waals surface area contributed by atoms with Crippen LogP contribution in [0, 0.1) is 0 Å². The Morgan fingerprint density at radius 1 is 1.67 bits per heavy atom. The van der Waals surface area contributed by atoms with Crippen LogP contribution in [-0.4, -0.2) is 43.1 Å². The average Bonchev–Trinajstić information content (AvgIpc) is 2.40. The third-order valence-corrected chi connectivity index (χ3v) is 2.83. The van der Waals surface area contributed by atoms with Crippen molar-refractivity contribution in [2.45, 2.75) is 24.9 Å². The van der Waals surface area contributed by atoms with E-state index in [1.807, 2.05) is 6.26 Å². The molecule has 0 aromatic carbocycles. The van der Waals surface area contributed by atoms with Gasteiger partial charge in [-0.15, -0.1) is 0 Å². The summed E-state index contributed by atoms with van der Waals surface area (Å²) >= 11 is 1.74. The molecule has 0 amide bonds. The second kappa shape index (κ2) is 5.65. The number of thioether (sulfide) groups is 1. The molecule has 1 rings (SSSR count). The number of hydrogen-bond acceptors (Lipinski definition) is 4. The summed E-state index contributed by atoms with van der Waals surface area (Å²) in [5, 5.41) is 3.00. The molecule has 0 radical (unpaired) electrons. The second-order valence-corrected chi connectivity index (χ2v) is 4.47. The lowest BCUT2D eigenvalue weighted by Crippen LogP contribution is -2.28. The van der Waals surface area contributed by atoms with E-state index in [1.165, 1.54) is 0 Å². The predicted molar refractivity (Wildman–Crippen MR) is 55.3 cm³/mol. The van der Waals surface area contributed by atoms with Gasteiger partial charge in [0.05, 0.1) is 6.42 Å². The van der Waals surface area contributed by atoms with Gasteiger partial charge in [0.2, 0.25) is 0 Å². The van der Waals surface area contributed by atoms with Gasteiger partial charge in [-0.25, -0.2) is 4.79 Å². The van der Waals surface area contributed by atoms with Crippen LogP contribution < -0.4 is 5.32 Å². The van der Waals surface area contributed by atoms with E-state index in [9.17, 15) is 13.6 Å². The highest BCUT2D eigenvalue weighted by molar-refractivity contribution is 7.98. The first kappa shape index (κ1) is 12.7. The van der Waals surface area contributed by atoms with Crippen LogP contribution in [0.2, 0.25) is 0 Å². The molecule has 88 valence electrons. The summed E-state index contributed by atoms with van der Waals surface area (Å²) < 4.78 is 30.0. The summed E-state index contributed by atoms with van der Waals surface area (Å²) in [6.45, 7) is 1.08. The average molecular weight is 239 g/mol. The van der Waals surface area contributed by atoms with Gasteiger partial charge < -0.3 is 10.1 Å². The van der Waals surface area contributed by atoms with Gasteiger partial charge in [-0.05, 0) is 25.0 Å². The van der Waals surface area contributed by atoms with Crippen molar-refractivity contribution in [3.8, 4) is 0 Å². The molecule has 1 fully saturated rings. The number of hydrogen-bond donors (Lipinski definition) is 1. The third-order valence-electron chi connectivity index (χ3n) is 2.13. The lowest BCUT2D eigenvalue weighted by atomic mass is 10.2. The zero-order valence-electron chi connectivity index (χ0n) is 8.59. The van der Waals surface area contributed by atoms with Gasteiger partial charge in [0.1, 0.15) is 6.10 Å². The number of halogens is 2. The maximum Gasteiger partial charge on any atom is 0.377 e. The van der Waals surface area contributed by atoms with E-state index in [0.717, 1.165) is 18.7 Å². The van der Waals surface area contributed by atoms with Crippen molar-refractivity contribution in [2.24, 2.45) is 0 Å². The molecular weight excluding hydrogens is 224 g/mol. The monoisotopic (exact) mass is 239 g/mol. The molecule has 1 saturated heterocycles. The van der Waals surface area contributed by atoms with Crippen LogP contribution in [0.25, 0.3) is 0 Å². The van der Waals surface area contributed by atoms with E-state index in [2.05, 4.69) is 10.1 Å². The molecule has 1 aliphatic heterocycles. The Morgan fingerprint density at radius 3 is 2.93 bits per heavy atom. The third kappa shape index (κ3) is 3.95. The molecule has 1 atom stereocenters. The van der Waals surface area contributed by atoms with Crippen LogP contribution in [0.4, 0.5) is 8.78 Å². The largest absolute Gasteiger partial charge is 0.456 e. The van der Waals surface area contributed by atoms with Crippen LogP contribution in [-0.2, 0) is 9.53 Å². The van der Waals surface area contributed by atoms with Crippen molar-refractivity contribution in [3.05, 3.63) is 0 Å².